The molecule has 2 aromatic carbocycles. The van der Waals surface area contributed by atoms with Crippen molar-refractivity contribution in [2.75, 3.05) is 5.32 Å². The molecule has 0 aliphatic carbocycles. The summed E-state index contributed by atoms with van der Waals surface area (Å²) >= 11 is 1.57. The van der Waals surface area contributed by atoms with Crippen LogP contribution in [0.5, 0.6) is 0 Å². The van der Waals surface area contributed by atoms with Crippen LogP contribution in [0.4, 0.5) is 5.69 Å². The van der Waals surface area contributed by atoms with Gasteiger partial charge in [0.05, 0.1) is 22.8 Å². The average Bonchev–Trinajstić information content (AvgIpc) is 3.16. The lowest BCUT2D eigenvalue weighted by Gasteiger charge is -2.06. The van der Waals surface area contributed by atoms with Gasteiger partial charge in [0.1, 0.15) is 0 Å². The second-order valence-electron chi connectivity index (χ2n) is 6.51. The zero-order valence-electron chi connectivity index (χ0n) is 15.5. The summed E-state index contributed by atoms with van der Waals surface area (Å²) in [5.41, 5.74) is 3.80. The number of nitrogens with zero attached hydrogens (tertiary/aromatic N) is 2. The Morgan fingerprint density at radius 3 is 2.69 bits per heavy atom. The van der Waals surface area contributed by atoms with E-state index in [0.29, 0.717) is 11.4 Å². The molecule has 4 aromatic rings. The molecule has 0 saturated carbocycles. The van der Waals surface area contributed by atoms with Crippen LogP contribution in [-0.2, 0) is 17.6 Å². The number of anilines is 1. The molecule has 0 aliphatic rings. The van der Waals surface area contributed by atoms with E-state index in [2.05, 4.69) is 32.6 Å². The Balaban J connectivity index is 1.39. The molecule has 0 spiro atoms. The summed E-state index contributed by atoms with van der Waals surface area (Å²) in [7, 11) is 0. The third kappa shape index (κ3) is 5.03. The van der Waals surface area contributed by atoms with Crippen molar-refractivity contribution in [1.82, 2.24) is 15.2 Å². The number of H-pyrrole nitrogens is 1. The maximum Gasteiger partial charge on any atom is 0.264 e. The molecule has 144 valence electrons. The minimum absolute atomic E-state index is 0.131. The van der Waals surface area contributed by atoms with Gasteiger partial charge in [0.25, 0.3) is 5.56 Å². The van der Waals surface area contributed by atoms with E-state index in [0.717, 1.165) is 22.7 Å². The predicted molar refractivity (Wildman–Crippen MR) is 114 cm³/mol. The minimum atomic E-state index is -0.256. The summed E-state index contributed by atoms with van der Waals surface area (Å²) in [5, 5.41) is 12.2. The van der Waals surface area contributed by atoms with Crippen LogP contribution in [0.3, 0.4) is 0 Å². The van der Waals surface area contributed by atoms with Gasteiger partial charge in [-0.3, -0.25) is 9.59 Å². The summed E-state index contributed by atoms with van der Waals surface area (Å²) in [5.74, 6) is -0.131. The molecule has 0 atom stereocenters. The van der Waals surface area contributed by atoms with Gasteiger partial charge in [0, 0.05) is 29.1 Å². The van der Waals surface area contributed by atoms with E-state index in [4.69, 9.17) is 0 Å². The molecule has 2 N–H and O–H groups in total. The van der Waals surface area contributed by atoms with E-state index in [1.807, 2.05) is 47.8 Å². The monoisotopic (exact) mass is 402 g/mol. The molecular weight excluding hydrogens is 384 g/mol. The summed E-state index contributed by atoms with van der Waals surface area (Å²) in [6.07, 6.45) is 0.980. The number of nitrogens with one attached hydrogen (secondary N) is 2. The Bertz CT molecular complexity index is 1160. The predicted octanol–water partition coefficient (Wildman–Crippen LogP) is 3.67. The molecule has 0 fully saturated rings. The van der Waals surface area contributed by atoms with Crippen LogP contribution < -0.4 is 10.9 Å². The van der Waals surface area contributed by atoms with Crippen LogP contribution in [0.2, 0.25) is 0 Å². The van der Waals surface area contributed by atoms with E-state index in [1.54, 1.807) is 17.4 Å². The van der Waals surface area contributed by atoms with E-state index in [-0.39, 0.29) is 17.9 Å². The van der Waals surface area contributed by atoms with Crippen molar-refractivity contribution in [3.05, 3.63) is 98.7 Å². The molecule has 7 heteroatoms. The highest BCUT2D eigenvalue weighted by Gasteiger charge is 2.10. The van der Waals surface area contributed by atoms with Gasteiger partial charge >= 0.3 is 0 Å². The molecule has 6 nitrogen and oxygen atoms in total. The fourth-order valence-corrected chi connectivity index (χ4v) is 3.74. The Kier molecular flexibility index (Phi) is 5.58. The quantitative estimate of drug-likeness (QED) is 0.515. The van der Waals surface area contributed by atoms with Gasteiger partial charge in [-0.2, -0.15) is 5.10 Å². The number of benzene rings is 2. The summed E-state index contributed by atoms with van der Waals surface area (Å²) in [4.78, 5) is 28.2. The highest BCUT2D eigenvalue weighted by atomic mass is 32.1. The molecule has 29 heavy (non-hydrogen) atoms. The number of carbonyl (C=O) groups is 1. The molecule has 0 aliphatic heterocycles. The molecular formula is C22H18N4O2S. The van der Waals surface area contributed by atoms with Crippen LogP contribution in [0, 0.1) is 0 Å². The zero-order valence-corrected chi connectivity index (χ0v) is 16.3. The van der Waals surface area contributed by atoms with Crippen molar-refractivity contribution in [2.45, 2.75) is 12.8 Å². The number of hydrogen-bond donors (Lipinski definition) is 2. The first kappa shape index (κ1) is 18.8. The van der Waals surface area contributed by atoms with Gasteiger partial charge in [0.15, 0.2) is 0 Å². The summed E-state index contributed by atoms with van der Waals surface area (Å²) in [6, 6.07) is 20.5. The van der Waals surface area contributed by atoms with Crippen LogP contribution >= 0.6 is 11.3 Å². The molecule has 0 bridgehead atoms. The van der Waals surface area contributed by atoms with Crippen molar-refractivity contribution < 1.29 is 4.79 Å². The van der Waals surface area contributed by atoms with Crippen LogP contribution in [-0.4, -0.2) is 21.1 Å². The van der Waals surface area contributed by atoms with Crippen molar-refractivity contribution in [3.8, 4) is 11.3 Å². The molecule has 0 radical (unpaired) electrons. The van der Waals surface area contributed by atoms with Gasteiger partial charge in [-0.1, -0.05) is 42.5 Å². The highest BCUT2D eigenvalue weighted by Crippen LogP contribution is 2.20. The number of thiazole rings is 1. The fraction of sp³-hybridized carbons (Fsp3) is 0.0909. The van der Waals surface area contributed by atoms with Gasteiger partial charge in [-0.05, 0) is 23.8 Å². The second kappa shape index (κ2) is 8.62. The Labute approximate surface area is 171 Å². The number of aromatic amines is 1. The van der Waals surface area contributed by atoms with Gasteiger partial charge in [0.2, 0.25) is 5.91 Å². The SMILES string of the molecule is O=C(Cc1csc(Cc2ccccc2)n1)Nc1cccc(-c2ccc(=O)[nH]n2)c1. The molecule has 2 aromatic heterocycles. The van der Waals surface area contributed by atoms with Crippen LogP contribution in [0.25, 0.3) is 11.3 Å². The summed E-state index contributed by atoms with van der Waals surface area (Å²) < 4.78 is 0. The Morgan fingerprint density at radius 1 is 1.03 bits per heavy atom. The first-order valence-electron chi connectivity index (χ1n) is 9.09. The number of carbonyl (C=O) groups excluding carboxylic acids is 1. The lowest BCUT2D eigenvalue weighted by molar-refractivity contribution is -0.115. The van der Waals surface area contributed by atoms with Crippen molar-refractivity contribution >= 4 is 22.9 Å². The Hall–Kier alpha value is -3.58. The molecule has 0 saturated heterocycles. The maximum absolute atomic E-state index is 12.4. The molecule has 4 rings (SSSR count). The lowest BCUT2D eigenvalue weighted by Crippen LogP contribution is -2.14. The van der Waals surface area contributed by atoms with Crippen molar-refractivity contribution in [1.29, 1.82) is 0 Å². The number of aromatic nitrogens is 3. The topological polar surface area (TPSA) is 87.7 Å². The average molecular weight is 402 g/mol. The zero-order chi connectivity index (χ0) is 20.1. The molecule has 1 amide bonds. The van der Waals surface area contributed by atoms with E-state index in [9.17, 15) is 9.59 Å². The fourth-order valence-electron chi connectivity index (χ4n) is 2.91. The third-order valence-electron chi connectivity index (χ3n) is 4.26. The third-order valence-corrected chi connectivity index (χ3v) is 5.16. The van der Waals surface area contributed by atoms with Gasteiger partial charge in [-0.25, -0.2) is 10.1 Å². The molecule has 0 unspecified atom stereocenters. The number of hydrogen-bond acceptors (Lipinski definition) is 5. The Morgan fingerprint density at radius 2 is 1.90 bits per heavy atom. The largest absolute Gasteiger partial charge is 0.326 e. The first-order chi connectivity index (χ1) is 14.2. The first-order valence-corrected chi connectivity index (χ1v) is 9.97. The van der Waals surface area contributed by atoms with Crippen molar-refractivity contribution in [3.63, 3.8) is 0 Å². The summed E-state index contributed by atoms with van der Waals surface area (Å²) in [6.45, 7) is 0. The van der Waals surface area contributed by atoms with E-state index < -0.39 is 0 Å². The van der Waals surface area contributed by atoms with Crippen molar-refractivity contribution in [2.24, 2.45) is 0 Å². The number of amides is 1. The van der Waals surface area contributed by atoms with Gasteiger partial charge in [-0.15, -0.1) is 11.3 Å². The molecule has 2 heterocycles. The second-order valence-corrected chi connectivity index (χ2v) is 7.45. The van der Waals surface area contributed by atoms with E-state index in [1.165, 1.54) is 11.6 Å². The van der Waals surface area contributed by atoms with Crippen LogP contribution in [0.15, 0.2) is 76.9 Å². The van der Waals surface area contributed by atoms with Crippen LogP contribution in [0.1, 0.15) is 16.3 Å². The lowest BCUT2D eigenvalue weighted by atomic mass is 10.1. The smallest absolute Gasteiger partial charge is 0.264 e. The minimum Gasteiger partial charge on any atom is -0.326 e. The highest BCUT2D eigenvalue weighted by molar-refractivity contribution is 7.09. The maximum atomic E-state index is 12.4. The standard InChI is InChI=1S/C22H18N4O2S/c27-20-10-9-19(25-26-20)16-7-4-8-17(12-16)23-21(28)13-18-14-29-22(24-18)11-15-5-2-1-3-6-15/h1-10,12,14H,11,13H2,(H,23,28)(H,26,27). The number of rotatable bonds is 6. The normalized spacial score (nSPS) is 10.6. The van der Waals surface area contributed by atoms with E-state index >= 15 is 0 Å². The van der Waals surface area contributed by atoms with Gasteiger partial charge < -0.3 is 5.32 Å².